The fourth-order valence-electron chi connectivity index (χ4n) is 0. The zero-order chi connectivity index (χ0) is 2.71. The number of nitriles is 1. The van der Waals surface area contributed by atoms with Gasteiger partial charge in [0.15, 0.2) is 0 Å². The summed E-state index contributed by atoms with van der Waals surface area (Å²) in [6.45, 7) is 0. The van der Waals surface area contributed by atoms with Crippen molar-refractivity contribution in [3.05, 3.63) is 0 Å². The van der Waals surface area contributed by atoms with E-state index in [-0.39, 0.29) is 27.3 Å². The second-order valence-corrected chi connectivity index (χ2v) is 0.552. The molecule has 1 nitrogen and oxygen atoms in total. The molecule has 0 unspecified atom stereocenters. The van der Waals surface area contributed by atoms with Crippen LogP contribution in [0, 0.1) is 9.55 Å². The monoisotopic (exact) mass is 433 g/mol. The Hall–Kier alpha value is 1.15. The van der Waals surface area contributed by atoms with Crippen molar-refractivity contribution in [2.24, 2.45) is 0 Å². The molecule has 0 saturated carbocycles. The Morgan fingerprint density at radius 2 is 1.75 bits per heavy atom. The van der Waals surface area contributed by atoms with Gasteiger partial charge in [-0.05, 0) is 0 Å². The standard InChI is InChI=1S/CN.Au.Pb.2H/c1-2;;;;. The third kappa shape index (κ3) is 11.0. The first-order chi connectivity index (χ1) is 1.41. The van der Waals surface area contributed by atoms with Crippen molar-refractivity contribution in [2.75, 3.05) is 0 Å². The predicted octanol–water partition coefficient (Wildman–Crippen LogP) is -0.902. The first kappa shape index (κ1) is 8.94. The summed E-state index contributed by atoms with van der Waals surface area (Å²) >= 11 is 1.73. The third-order valence-corrected chi connectivity index (χ3v) is 0. The van der Waals surface area contributed by atoms with E-state index in [1.54, 1.807) is 25.4 Å². The Bertz CT molecular complexity index is 29.5. The van der Waals surface area contributed by atoms with Gasteiger partial charge in [0, 0.05) is 0 Å². The number of hydrogen-bond acceptors (Lipinski definition) is 1. The van der Waals surface area contributed by atoms with Crippen LogP contribution >= 0.6 is 0 Å². The zero-order valence-corrected chi connectivity index (χ0v) is 9.62. The van der Waals surface area contributed by atoms with Crippen LogP contribution in [0.4, 0.5) is 0 Å². The first-order valence-electron chi connectivity index (χ1n) is 0.374. The average molecular weight is 432 g/mol. The summed E-state index contributed by atoms with van der Waals surface area (Å²) in [5.74, 6) is 0. The van der Waals surface area contributed by atoms with Crippen LogP contribution < -0.4 is 0 Å². The van der Waals surface area contributed by atoms with Gasteiger partial charge in [0.25, 0.3) is 0 Å². The van der Waals surface area contributed by atoms with Crippen molar-refractivity contribution < 1.29 is 21.1 Å². The molecular formula is CH2AuNPb. The average Bonchev–Trinajstić information content (AvgIpc) is 0.918. The Morgan fingerprint density at radius 1 is 1.75 bits per heavy atom. The van der Waals surface area contributed by atoms with Crippen LogP contribution in [0.3, 0.4) is 0 Å². The van der Waals surface area contributed by atoms with Gasteiger partial charge in [-0.15, -0.1) is 0 Å². The summed E-state index contributed by atoms with van der Waals surface area (Å²) in [6, 6.07) is 0. The second kappa shape index (κ2) is 8.91. The van der Waals surface area contributed by atoms with Gasteiger partial charge < -0.3 is 0 Å². The molecule has 0 aromatic rings. The van der Waals surface area contributed by atoms with Crippen LogP contribution in [0.1, 0.15) is 0 Å². The van der Waals surface area contributed by atoms with E-state index < -0.39 is 0 Å². The van der Waals surface area contributed by atoms with Crippen molar-refractivity contribution in [3.63, 3.8) is 0 Å². The Labute approximate surface area is 57.4 Å². The fraction of sp³-hybridized carbons (Fsp3) is 0. The molecule has 2 radical (unpaired) electrons. The molecule has 0 rings (SSSR count). The van der Waals surface area contributed by atoms with Crippen molar-refractivity contribution >= 4 is 27.3 Å². The molecule has 0 aromatic heterocycles. The summed E-state index contributed by atoms with van der Waals surface area (Å²) in [4.78, 5) is 0. The second-order valence-electron chi connectivity index (χ2n) is 0.0674. The van der Waals surface area contributed by atoms with Gasteiger partial charge >= 0.3 is 57.9 Å². The van der Waals surface area contributed by atoms with Gasteiger partial charge in [-0.25, -0.2) is 0 Å². The van der Waals surface area contributed by atoms with Crippen molar-refractivity contribution in [1.82, 2.24) is 0 Å². The van der Waals surface area contributed by atoms with Gasteiger partial charge in [-0.1, -0.05) is 0 Å². The minimum absolute atomic E-state index is 0. The van der Waals surface area contributed by atoms with E-state index >= 15 is 0 Å². The minimum atomic E-state index is 0. The molecule has 0 aliphatic heterocycles. The van der Waals surface area contributed by atoms with Crippen LogP contribution in [0.25, 0.3) is 0 Å². The van der Waals surface area contributed by atoms with Gasteiger partial charge in [0.1, 0.15) is 0 Å². The number of rotatable bonds is 0. The van der Waals surface area contributed by atoms with Gasteiger partial charge in [-0.2, -0.15) is 0 Å². The molecule has 0 fully saturated rings. The maximum atomic E-state index is 7.29. The third-order valence-electron chi connectivity index (χ3n) is 0. The summed E-state index contributed by atoms with van der Waals surface area (Å²) < 4.78 is 1.69. The summed E-state index contributed by atoms with van der Waals surface area (Å²) in [7, 11) is 0. The van der Waals surface area contributed by atoms with Gasteiger partial charge in [-0.3, -0.25) is 0 Å². The molecule has 0 aromatic carbocycles. The van der Waals surface area contributed by atoms with E-state index in [1.807, 2.05) is 0 Å². The van der Waals surface area contributed by atoms with Gasteiger partial charge in [0.05, 0.1) is 0 Å². The summed E-state index contributed by atoms with van der Waals surface area (Å²) in [6.07, 6.45) is 0. The quantitative estimate of drug-likeness (QED) is 0.456. The molecule has 0 N–H and O–H groups in total. The summed E-state index contributed by atoms with van der Waals surface area (Å²) in [5, 5.41) is 7.29. The Morgan fingerprint density at radius 3 is 1.75 bits per heavy atom. The molecule has 3 heteroatoms. The van der Waals surface area contributed by atoms with Crippen LogP contribution in [-0.2, 0) is 21.1 Å². The molecule has 0 amide bonds. The molecule has 4 heavy (non-hydrogen) atoms. The van der Waals surface area contributed by atoms with Crippen molar-refractivity contribution in [3.8, 4) is 4.29 Å². The molecule has 0 saturated heterocycles. The SMILES string of the molecule is N#[C][Au].[PbH2]. The first-order valence-corrected chi connectivity index (χ1v) is 1.46. The zero-order valence-electron chi connectivity index (χ0n) is 1.96. The topological polar surface area (TPSA) is 23.8 Å². The molecule has 26 valence electrons. The number of hydrogen-bond donors (Lipinski definition) is 0. The molecular weight excluding hydrogens is 430 g/mol. The molecule has 0 spiro atoms. The van der Waals surface area contributed by atoms with E-state index in [1.165, 1.54) is 0 Å². The normalized spacial score (nSPS) is 2.25. The molecule has 0 aliphatic rings. The van der Waals surface area contributed by atoms with E-state index in [9.17, 15) is 0 Å². The van der Waals surface area contributed by atoms with Crippen molar-refractivity contribution in [2.45, 2.75) is 0 Å². The van der Waals surface area contributed by atoms with Crippen LogP contribution in [-0.4, -0.2) is 27.3 Å². The van der Waals surface area contributed by atoms with E-state index in [4.69, 9.17) is 5.26 Å². The van der Waals surface area contributed by atoms with E-state index in [0.29, 0.717) is 0 Å². The summed E-state index contributed by atoms with van der Waals surface area (Å²) in [5.41, 5.74) is 0. The Kier molecular flexibility index (Phi) is 19.9. The van der Waals surface area contributed by atoms with E-state index in [2.05, 4.69) is 0 Å². The molecule has 0 aliphatic carbocycles. The van der Waals surface area contributed by atoms with Crippen molar-refractivity contribution in [1.29, 1.82) is 5.26 Å². The van der Waals surface area contributed by atoms with Gasteiger partial charge in [0.2, 0.25) is 0 Å². The van der Waals surface area contributed by atoms with Crippen LogP contribution in [0.2, 0.25) is 0 Å². The molecule has 0 atom stereocenters. The number of nitrogens with zero attached hydrogens (tertiary/aromatic N) is 1. The maximum absolute atomic E-state index is 7.29. The van der Waals surface area contributed by atoms with E-state index in [0.717, 1.165) is 0 Å². The molecule has 0 bridgehead atoms. The van der Waals surface area contributed by atoms with Crippen LogP contribution in [0.5, 0.6) is 0 Å². The molecule has 0 heterocycles. The fourth-order valence-corrected chi connectivity index (χ4v) is 0. The predicted molar refractivity (Wildman–Crippen MR) is 14.2 cm³/mol. The Balaban J connectivity index is 0. The van der Waals surface area contributed by atoms with Crippen LogP contribution in [0.15, 0.2) is 0 Å².